The monoisotopic (exact) mass is 286 g/mol. The Balaban J connectivity index is 1.86. The fourth-order valence-electron chi connectivity index (χ4n) is 2.94. The van der Waals surface area contributed by atoms with Gasteiger partial charge in [0.05, 0.1) is 5.54 Å². The van der Waals surface area contributed by atoms with Gasteiger partial charge in [-0.2, -0.15) is 4.98 Å². The van der Waals surface area contributed by atoms with Crippen molar-refractivity contribution in [2.45, 2.75) is 37.8 Å². The predicted octanol–water partition coefficient (Wildman–Crippen LogP) is 2.53. The van der Waals surface area contributed by atoms with Crippen LogP contribution in [0.25, 0.3) is 11.5 Å². The van der Waals surface area contributed by atoms with Crippen LogP contribution in [0.1, 0.15) is 37.1 Å². The highest BCUT2D eigenvalue weighted by atomic mass is 16.5. The third kappa shape index (κ3) is 2.99. The molecule has 0 spiro atoms. The summed E-state index contributed by atoms with van der Waals surface area (Å²) < 4.78 is 5.43. The number of hydrogen-bond donors (Lipinski definition) is 1. The highest BCUT2D eigenvalue weighted by Crippen LogP contribution is 2.35. The zero-order chi connectivity index (χ0) is 14.9. The third-order valence-electron chi connectivity index (χ3n) is 4.04. The quantitative estimate of drug-likeness (QED) is 0.935. The minimum Gasteiger partial charge on any atom is -0.334 e. The topological polar surface area (TPSA) is 68.2 Å². The summed E-state index contributed by atoms with van der Waals surface area (Å²) in [6.45, 7) is 0.885. The maximum atomic E-state index is 6.38. The van der Waals surface area contributed by atoms with E-state index in [1.807, 2.05) is 12.1 Å². The Bertz CT molecular complexity index is 614. The van der Waals surface area contributed by atoms with Crippen LogP contribution in [0.2, 0.25) is 0 Å². The van der Waals surface area contributed by atoms with Crippen molar-refractivity contribution in [3.05, 3.63) is 35.7 Å². The maximum absolute atomic E-state index is 6.38. The van der Waals surface area contributed by atoms with Crippen molar-refractivity contribution in [2.75, 3.05) is 14.1 Å². The van der Waals surface area contributed by atoms with Gasteiger partial charge >= 0.3 is 0 Å². The van der Waals surface area contributed by atoms with Gasteiger partial charge in [0.15, 0.2) is 5.82 Å². The molecule has 3 rings (SSSR count). The number of nitrogens with zero attached hydrogens (tertiary/aromatic N) is 3. The molecule has 2 aromatic rings. The van der Waals surface area contributed by atoms with Gasteiger partial charge in [0.25, 0.3) is 5.89 Å². The SMILES string of the molecule is CN(C)Cc1cccc(-c2nc(C3(N)CCCC3)no2)c1. The standard InChI is InChI=1S/C16H22N4O/c1-20(2)11-12-6-5-7-13(10-12)14-18-15(19-21-14)16(17)8-3-4-9-16/h5-7,10H,3-4,8-9,11,17H2,1-2H3. The van der Waals surface area contributed by atoms with Crippen LogP contribution in [-0.4, -0.2) is 29.1 Å². The van der Waals surface area contributed by atoms with Gasteiger partial charge in [0.1, 0.15) is 0 Å². The summed E-state index contributed by atoms with van der Waals surface area (Å²) in [4.78, 5) is 6.67. The van der Waals surface area contributed by atoms with E-state index in [-0.39, 0.29) is 0 Å². The second kappa shape index (κ2) is 5.58. The van der Waals surface area contributed by atoms with Crippen LogP contribution in [0, 0.1) is 0 Å². The molecule has 0 amide bonds. The Morgan fingerprint density at radius 1 is 1.29 bits per heavy atom. The Kier molecular flexibility index (Phi) is 3.78. The Morgan fingerprint density at radius 3 is 2.76 bits per heavy atom. The van der Waals surface area contributed by atoms with Gasteiger partial charge in [-0.25, -0.2) is 0 Å². The lowest BCUT2D eigenvalue weighted by molar-refractivity contribution is 0.372. The molecule has 0 radical (unpaired) electrons. The van der Waals surface area contributed by atoms with E-state index in [2.05, 4.69) is 41.3 Å². The van der Waals surface area contributed by atoms with Crippen LogP contribution >= 0.6 is 0 Å². The van der Waals surface area contributed by atoms with E-state index in [9.17, 15) is 0 Å². The first-order valence-corrected chi connectivity index (χ1v) is 7.44. The average Bonchev–Trinajstić information content (AvgIpc) is 3.08. The first-order valence-electron chi connectivity index (χ1n) is 7.44. The highest BCUT2D eigenvalue weighted by molar-refractivity contribution is 5.54. The van der Waals surface area contributed by atoms with Gasteiger partial charge in [-0.3, -0.25) is 0 Å². The van der Waals surface area contributed by atoms with E-state index >= 15 is 0 Å². The van der Waals surface area contributed by atoms with Crippen LogP contribution in [-0.2, 0) is 12.1 Å². The predicted molar refractivity (Wildman–Crippen MR) is 81.5 cm³/mol. The van der Waals surface area contributed by atoms with Crippen molar-refractivity contribution in [1.82, 2.24) is 15.0 Å². The summed E-state index contributed by atoms with van der Waals surface area (Å²) in [5.74, 6) is 1.20. The number of hydrogen-bond acceptors (Lipinski definition) is 5. The first kappa shape index (κ1) is 14.2. The summed E-state index contributed by atoms with van der Waals surface area (Å²) in [6.07, 6.45) is 4.15. The second-order valence-electron chi connectivity index (χ2n) is 6.22. The lowest BCUT2D eigenvalue weighted by Crippen LogP contribution is -2.34. The largest absolute Gasteiger partial charge is 0.334 e. The van der Waals surface area contributed by atoms with E-state index < -0.39 is 5.54 Å². The molecular weight excluding hydrogens is 264 g/mol. The molecule has 5 heteroatoms. The fourth-order valence-corrected chi connectivity index (χ4v) is 2.94. The summed E-state index contributed by atoms with van der Waals surface area (Å²) in [5.41, 5.74) is 8.15. The smallest absolute Gasteiger partial charge is 0.258 e. The van der Waals surface area contributed by atoms with Gasteiger partial charge in [-0.05, 0) is 44.6 Å². The Hall–Kier alpha value is -1.72. The van der Waals surface area contributed by atoms with Gasteiger partial charge in [0, 0.05) is 12.1 Å². The Morgan fingerprint density at radius 2 is 2.05 bits per heavy atom. The zero-order valence-electron chi connectivity index (χ0n) is 12.7. The van der Waals surface area contributed by atoms with Crippen molar-refractivity contribution in [3.63, 3.8) is 0 Å². The molecule has 1 fully saturated rings. The van der Waals surface area contributed by atoms with E-state index in [0.717, 1.165) is 37.8 Å². The van der Waals surface area contributed by atoms with Crippen molar-refractivity contribution >= 4 is 0 Å². The second-order valence-corrected chi connectivity index (χ2v) is 6.22. The van der Waals surface area contributed by atoms with Crippen molar-refractivity contribution in [2.24, 2.45) is 5.73 Å². The van der Waals surface area contributed by atoms with Crippen LogP contribution in [0.3, 0.4) is 0 Å². The minimum absolute atomic E-state index is 0.400. The minimum atomic E-state index is -0.400. The molecule has 112 valence electrons. The van der Waals surface area contributed by atoms with Crippen molar-refractivity contribution < 1.29 is 4.52 Å². The van der Waals surface area contributed by atoms with Crippen LogP contribution in [0.4, 0.5) is 0 Å². The molecule has 1 aliphatic rings. The molecule has 5 nitrogen and oxygen atoms in total. The number of aromatic nitrogens is 2. The normalized spacial score (nSPS) is 17.5. The maximum Gasteiger partial charge on any atom is 0.258 e. The lowest BCUT2D eigenvalue weighted by atomic mass is 9.98. The van der Waals surface area contributed by atoms with E-state index in [0.29, 0.717) is 11.7 Å². The Labute approximate surface area is 125 Å². The summed E-state index contributed by atoms with van der Waals surface area (Å²) in [7, 11) is 4.10. The average molecular weight is 286 g/mol. The molecule has 0 unspecified atom stereocenters. The molecular formula is C16H22N4O. The number of rotatable bonds is 4. The zero-order valence-corrected chi connectivity index (χ0v) is 12.7. The molecule has 1 aromatic carbocycles. The van der Waals surface area contributed by atoms with Crippen molar-refractivity contribution in [3.8, 4) is 11.5 Å². The molecule has 0 atom stereocenters. The highest BCUT2D eigenvalue weighted by Gasteiger charge is 2.36. The van der Waals surface area contributed by atoms with Gasteiger partial charge < -0.3 is 15.2 Å². The van der Waals surface area contributed by atoms with Gasteiger partial charge in [-0.1, -0.05) is 30.1 Å². The van der Waals surface area contributed by atoms with Gasteiger partial charge in [-0.15, -0.1) is 0 Å². The fraction of sp³-hybridized carbons (Fsp3) is 0.500. The lowest BCUT2D eigenvalue weighted by Gasteiger charge is -2.17. The molecule has 1 heterocycles. The molecule has 0 aliphatic heterocycles. The van der Waals surface area contributed by atoms with Crippen LogP contribution in [0.5, 0.6) is 0 Å². The third-order valence-corrected chi connectivity index (χ3v) is 4.04. The summed E-state index contributed by atoms with van der Waals surface area (Å²) >= 11 is 0. The molecule has 1 aliphatic carbocycles. The summed E-state index contributed by atoms with van der Waals surface area (Å²) in [5, 5.41) is 4.12. The molecule has 1 saturated carbocycles. The molecule has 0 saturated heterocycles. The number of benzene rings is 1. The number of nitrogens with two attached hydrogens (primary N) is 1. The molecule has 2 N–H and O–H groups in total. The summed E-state index contributed by atoms with van der Waals surface area (Å²) in [6, 6.07) is 8.21. The molecule has 1 aromatic heterocycles. The van der Waals surface area contributed by atoms with Crippen molar-refractivity contribution in [1.29, 1.82) is 0 Å². The van der Waals surface area contributed by atoms with Crippen LogP contribution in [0.15, 0.2) is 28.8 Å². The van der Waals surface area contributed by atoms with Crippen LogP contribution < -0.4 is 5.73 Å². The van der Waals surface area contributed by atoms with Gasteiger partial charge in [0.2, 0.25) is 0 Å². The van der Waals surface area contributed by atoms with E-state index in [1.54, 1.807) is 0 Å². The first-order chi connectivity index (χ1) is 10.1. The molecule has 0 bridgehead atoms. The molecule has 21 heavy (non-hydrogen) atoms. The van der Waals surface area contributed by atoms with E-state index in [1.165, 1.54) is 5.56 Å². The van der Waals surface area contributed by atoms with E-state index in [4.69, 9.17) is 10.3 Å².